The number of alkyl halides is 1. The maximum Gasteiger partial charge on any atom is 0.262 e. The molecule has 0 atom stereocenters. The second kappa shape index (κ2) is 8.96. The van der Waals surface area contributed by atoms with Gasteiger partial charge in [0.1, 0.15) is 0 Å². The highest BCUT2D eigenvalue weighted by molar-refractivity contribution is 7.92. The van der Waals surface area contributed by atoms with E-state index in [-0.39, 0.29) is 11.8 Å². The summed E-state index contributed by atoms with van der Waals surface area (Å²) in [5.74, 6) is 0.00957. The summed E-state index contributed by atoms with van der Waals surface area (Å²) in [5, 5.41) is 2.80. The van der Waals surface area contributed by atoms with Crippen molar-refractivity contribution in [2.45, 2.75) is 38.6 Å². The van der Waals surface area contributed by atoms with Crippen LogP contribution in [0.4, 0.5) is 11.4 Å². The number of likely N-dealkylation sites (N-methyl/N-ethyl adjacent to an activating group) is 1. The third-order valence-corrected chi connectivity index (χ3v) is 7.52. The Bertz CT molecular complexity index is 1020. The minimum Gasteiger partial charge on any atom is -0.326 e. The lowest BCUT2D eigenvalue weighted by Gasteiger charge is -2.29. The van der Waals surface area contributed by atoms with Crippen molar-refractivity contribution in [2.75, 3.05) is 29.0 Å². The number of hydrogen-bond donors (Lipinski definition) is 2. The number of carbonyl (C=O) groups excluding carboxylic acids is 1. The molecule has 0 saturated carbocycles. The Balaban J connectivity index is 1.78. The molecule has 2 aromatic carbocycles. The van der Waals surface area contributed by atoms with Crippen molar-refractivity contribution in [3.05, 3.63) is 53.6 Å². The second-order valence-electron chi connectivity index (χ2n) is 8.17. The fraction of sp³-hybridized carbons (Fsp3) is 0.409. The van der Waals surface area contributed by atoms with Crippen molar-refractivity contribution in [1.29, 1.82) is 0 Å². The quantitative estimate of drug-likeness (QED) is 0.624. The topological polar surface area (TPSA) is 78.5 Å². The maximum atomic E-state index is 13.1. The molecule has 1 amide bonds. The predicted octanol–water partition coefficient (Wildman–Crippen LogP) is 4.07. The number of nitrogens with one attached hydrogen (secondary N) is 2. The number of halogens is 1. The number of sulfonamides is 1. The van der Waals surface area contributed by atoms with Gasteiger partial charge in [0.05, 0.1) is 10.3 Å². The molecule has 0 saturated heterocycles. The van der Waals surface area contributed by atoms with Crippen molar-refractivity contribution in [1.82, 2.24) is 4.90 Å². The molecule has 1 heterocycles. The Kier molecular flexibility index (Phi) is 6.75. The Morgan fingerprint density at radius 2 is 1.80 bits per heavy atom. The van der Waals surface area contributed by atoms with Crippen LogP contribution in [0.5, 0.6) is 0 Å². The highest BCUT2D eigenvalue weighted by Crippen LogP contribution is 2.28. The van der Waals surface area contributed by atoms with E-state index in [1.165, 1.54) is 0 Å². The number of benzene rings is 2. The lowest BCUT2D eigenvalue weighted by Crippen LogP contribution is -2.32. The number of carbonyl (C=O) groups is 1. The first-order chi connectivity index (χ1) is 14.2. The van der Waals surface area contributed by atoms with E-state index >= 15 is 0 Å². The maximum absolute atomic E-state index is 13.1. The van der Waals surface area contributed by atoms with E-state index in [0.717, 1.165) is 30.6 Å². The predicted molar refractivity (Wildman–Crippen MR) is 121 cm³/mol. The van der Waals surface area contributed by atoms with Crippen LogP contribution < -0.4 is 10.0 Å². The third kappa shape index (κ3) is 4.96. The number of nitrogens with zero attached hydrogens (tertiary/aromatic N) is 1. The van der Waals surface area contributed by atoms with Crippen LogP contribution in [0.3, 0.4) is 0 Å². The van der Waals surface area contributed by atoms with Gasteiger partial charge in [-0.1, -0.05) is 19.1 Å². The molecular weight excluding hydrogens is 422 g/mol. The van der Waals surface area contributed by atoms with E-state index in [4.69, 9.17) is 11.6 Å². The van der Waals surface area contributed by atoms with Crippen LogP contribution in [-0.2, 0) is 27.8 Å². The molecule has 8 heteroatoms. The summed E-state index contributed by atoms with van der Waals surface area (Å²) in [6.45, 7) is 8.05. The van der Waals surface area contributed by atoms with Gasteiger partial charge in [-0.2, -0.15) is 0 Å². The molecule has 2 N–H and O–H groups in total. The van der Waals surface area contributed by atoms with E-state index in [0.29, 0.717) is 22.8 Å². The van der Waals surface area contributed by atoms with Crippen LogP contribution in [-0.4, -0.2) is 38.2 Å². The van der Waals surface area contributed by atoms with E-state index in [1.807, 2.05) is 6.07 Å². The van der Waals surface area contributed by atoms with Crippen molar-refractivity contribution in [3.63, 3.8) is 0 Å². The number of hydrogen-bond acceptors (Lipinski definition) is 4. The molecule has 0 bridgehead atoms. The standard InChI is InChI=1S/C22H28ClN3O3S/c1-4-26-13-12-16-6-5-7-20(19(16)14-26)30(28,29)25-18-10-8-17(9-11-18)24-21(27)22(2,3)15-23/h5-11,25H,4,12-15H2,1-3H3,(H,24,27). The van der Waals surface area contributed by atoms with Gasteiger partial charge in [0.15, 0.2) is 0 Å². The average molecular weight is 450 g/mol. The smallest absolute Gasteiger partial charge is 0.262 e. The summed E-state index contributed by atoms with van der Waals surface area (Å²) in [7, 11) is -3.73. The Morgan fingerprint density at radius 1 is 1.13 bits per heavy atom. The molecule has 0 spiro atoms. The van der Waals surface area contributed by atoms with Crippen LogP contribution in [0.2, 0.25) is 0 Å². The summed E-state index contributed by atoms with van der Waals surface area (Å²) >= 11 is 5.84. The Morgan fingerprint density at radius 3 is 2.43 bits per heavy atom. The van der Waals surface area contributed by atoms with Gasteiger partial charge >= 0.3 is 0 Å². The summed E-state index contributed by atoms with van der Waals surface area (Å²) in [4.78, 5) is 14.8. The van der Waals surface area contributed by atoms with E-state index in [2.05, 4.69) is 21.9 Å². The van der Waals surface area contributed by atoms with Crippen LogP contribution in [0.25, 0.3) is 0 Å². The SMILES string of the molecule is CCN1CCc2cccc(S(=O)(=O)Nc3ccc(NC(=O)C(C)(C)CCl)cc3)c2C1. The monoisotopic (exact) mass is 449 g/mol. The van der Waals surface area contributed by atoms with Crippen LogP contribution in [0.1, 0.15) is 31.9 Å². The van der Waals surface area contributed by atoms with Crippen molar-refractivity contribution in [2.24, 2.45) is 5.41 Å². The first-order valence-electron chi connectivity index (χ1n) is 9.99. The zero-order valence-corrected chi connectivity index (χ0v) is 19.1. The number of rotatable bonds is 7. The largest absolute Gasteiger partial charge is 0.326 e. The van der Waals surface area contributed by atoms with Crippen LogP contribution >= 0.6 is 11.6 Å². The molecular formula is C22H28ClN3O3S. The van der Waals surface area contributed by atoms with Crippen molar-refractivity contribution < 1.29 is 13.2 Å². The molecule has 0 radical (unpaired) electrons. The summed E-state index contributed by atoms with van der Waals surface area (Å²) in [5.41, 5.74) is 2.27. The van der Waals surface area contributed by atoms with E-state index < -0.39 is 15.4 Å². The normalized spacial score (nSPS) is 14.8. The minimum atomic E-state index is -3.73. The molecule has 3 rings (SSSR count). The van der Waals surface area contributed by atoms with Gasteiger partial charge < -0.3 is 5.32 Å². The molecule has 162 valence electrons. The van der Waals surface area contributed by atoms with Crippen LogP contribution in [0.15, 0.2) is 47.4 Å². The van der Waals surface area contributed by atoms with Gasteiger partial charge in [-0.3, -0.25) is 14.4 Å². The summed E-state index contributed by atoms with van der Waals surface area (Å²) < 4.78 is 28.8. The number of fused-ring (bicyclic) bond motifs is 1. The van der Waals surface area contributed by atoms with Gasteiger partial charge in [0, 0.05) is 30.3 Å². The lowest BCUT2D eigenvalue weighted by atomic mass is 9.95. The number of amides is 1. The second-order valence-corrected chi connectivity index (χ2v) is 10.1. The van der Waals surface area contributed by atoms with Gasteiger partial charge in [-0.15, -0.1) is 11.6 Å². The van der Waals surface area contributed by atoms with Crippen LogP contribution in [0, 0.1) is 5.41 Å². The number of anilines is 2. The molecule has 0 aromatic heterocycles. The van der Waals surface area contributed by atoms with Crippen molar-refractivity contribution >= 4 is 38.9 Å². The molecule has 0 aliphatic carbocycles. The van der Waals surface area contributed by atoms with Gasteiger partial charge in [-0.05, 0) is 68.3 Å². The van der Waals surface area contributed by atoms with Crippen molar-refractivity contribution in [3.8, 4) is 0 Å². The highest BCUT2D eigenvalue weighted by atomic mass is 35.5. The zero-order chi connectivity index (χ0) is 21.9. The third-order valence-electron chi connectivity index (χ3n) is 5.39. The first-order valence-corrected chi connectivity index (χ1v) is 12.0. The average Bonchev–Trinajstić information content (AvgIpc) is 2.73. The summed E-state index contributed by atoms with van der Waals surface area (Å²) in [6, 6.07) is 12.1. The Hall–Kier alpha value is -2.09. The Labute approximate surface area is 183 Å². The minimum absolute atomic E-state index is 0.192. The van der Waals surface area contributed by atoms with Gasteiger partial charge in [0.25, 0.3) is 10.0 Å². The van der Waals surface area contributed by atoms with Gasteiger partial charge in [-0.25, -0.2) is 8.42 Å². The van der Waals surface area contributed by atoms with Gasteiger partial charge in [0.2, 0.25) is 5.91 Å². The molecule has 1 aliphatic heterocycles. The fourth-order valence-electron chi connectivity index (χ4n) is 3.32. The molecule has 1 aliphatic rings. The molecule has 6 nitrogen and oxygen atoms in total. The molecule has 0 fully saturated rings. The summed E-state index contributed by atoms with van der Waals surface area (Å²) in [6.07, 6.45) is 0.847. The molecule has 30 heavy (non-hydrogen) atoms. The zero-order valence-electron chi connectivity index (χ0n) is 17.5. The van der Waals surface area contributed by atoms with E-state index in [1.54, 1.807) is 50.2 Å². The molecule has 0 unspecified atom stereocenters. The first kappa shape index (κ1) is 22.6. The fourth-order valence-corrected chi connectivity index (χ4v) is 4.78. The lowest BCUT2D eigenvalue weighted by molar-refractivity contribution is -0.122. The van der Waals surface area contributed by atoms with E-state index in [9.17, 15) is 13.2 Å². The molecule has 2 aromatic rings. The highest BCUT2D eigenvalue weighted by Gasteiger charge is 2.27.